The Labute approximate surface area is 146 Å². The van der Waals surface area contributed by atoms with Gasteiger partial charge >= 0.3 is 0 Å². The maximum absolute atomic E-state index is 12.4. The van der Waals surface area contributed by atoms with E-state index in [1.54, 1.807) is 12.1 Å². The predicted octanol–water partition coefficient (Wildman–Crippen LogP) is 2.34. The molecular weight excluding hydrogens is 316 g/mol. The Balaban J connectivity index is 1.78. The predicted molar refractivity (Wildman–Crippen MR) is 98.6 cm³/mol. The molecule has 0 spiro atoms. The van der Waals surface area contributed by atoms with Crippen LogP contribution in [0.15, 0.2) is 48.8 Å². The highest BCUT2D eigenvalue weighted by Crippen LogP contribution is 2.21. The molecule has 0 bridgehead atoms. The van der Waals surface area contributed by atoms with Gasteiger partial charge in [0.05, 0.1) is 23.4 Å². The number of anilines is 1. The van der Waals surface area contributed by atoms with Crippen molar-refractivity contribution >= 4 is 22.5 Å². The largest absolute Gasteiger partial charge is 0.390 e. The quantitative estimate of drug-likeness (QED) is 0.724. The topological polar surface area (TPSA) is 70.4 Å². The molecule has 0 aliphatic heterocycles. The lowest BCUT2D eigenvalue weighted by Gasteiger charge is -2.12. The van der Waals surface area contributed by atoms with Gasteiger partial charge in [0.15, 0.2) is 0 Å². The van der Waals surface area contributed by atoms with E-state index in [0.717, 1.165) is 29.7 Å². The van der Waals surface area contributed by atoms with Crippen LogP contribution in [0.25, 0.3) is 10.9 Å². The number of benzene rings is 1. The summed E-state index contributed by atoms with van der Waals surface area (Å²) in [4.78, 5) is 18.5. The van der Waals surface area contributed by atoms with E-state index < -0.39 is 0 Å². The summed E-state index contributed by atoms with van der Waals surface area (Å²) in [6.07, 6.45) is 3.54. The molecule has 130 valence electrons. The van der Waals surface area contributed by atoms with Crippen LogP contribution in [0.2, 0.25) is 0 Å². The van der Waals surface area contributed by atoms with Crippen molar-refractivity contribution in [2.75, 3.05) is 26.0 Å². The fraction of sp³-hybridized carbons (Fsp3) is 0.263. The smallest absolute Gasteiger partial charge is 0.257 e. The van der Waals surface area contributed by atoms with E-state index >= 15 is 0 Å². The maximum atomic E-state index is 12.4. The van der Waals surface area contributed by atoms with Crippen LogP contribution in [-0.4, -0.2) is 46.1 Å². The first-order valence-corrected chi connectivity index (χ1v) is 8.17. The Morgan fingerprint density at radius 2 is 2.08 bits per heavy atom. The van der Waals surface area contributed by atoms with Gasteiger partial charge in [-0.2, -0.15) is 0 Å². The van der Waals surface area contributed by atoms with Gasteiger partial charge in [-0.05, 0) is 49.8 Å². The minimum Gasteiger partial charge on any atom is -0.390 e. The molecule has 2 heterocycles. The molecule has 1 amide bonds. The lowest BCUT2D eigenvalue weighted by atomic mass is 10.2. The third-order valence-corrected chi connectivity index (χ3v) is 4.07. The van der Waals surface area contributed by atoms with Crippen molar-refractivity contribution in [2.24, 2.45) is 0 Å². The van der Waals surface area contributed by atoms with Gasteiger partial charge in [0, 0.05) is 31.2 Å². The summed E-state index contributed by atoms with van der Waals surface area (Å²) in [7, 11) is 4.10. The van der Waals surface area contributed by atoms with Crippen molar-refractivity contribution in [2.45, 2.75) is 13.2 Å². The van der Waals surface area contributed by atoms with Crippen LogP contribution >= 0.6 is 0 Å². The minimum absolute atomic E-state index is 0.136. The second kappa shape index (κ2) is 7.46. The molecule has 0 aliphatic rings. The van der Waals surface area contributed by atoms with Gasteiger partial charge < -0.3 is 19.9 Å². The fourth-order valence-electron chi connectivity index (χ4n) is 2.62. The molecule has 0 fully saturated rings. The Morgan fingerprint density at radius 1 is 1.24 bits per heavy atom. The number of hydrogen-bond acceptors (Lipinski definition) is 4. The molecule has 6 heteroatoms. The Hall–Kier alpha value is -2.70. The number of aliphatic hydroxyl groups excluding tert-OH is 1. The van der Waals surface area contributed by atoms with Crippen LogP contribution in [0, 0.1) is 0 Å². The first-order valence-electron chi connectivity index (χ1n) is 8.17. The average Bonchev–Trinajstić information content (AvgIpc) is 3.02. The zero-order valence-corrected chi connectivity index (χ0v) is 14.4. The third kappa shape index (κ3) is 4.04. The molecule has 6 nitrogen and oxygen atoms in total. The molecule has 25 heavy (non-hydrogen) atoms. The summed E-state index contributed by atoms with van der Waals surface area (Å²) in [5.41, 5.74) is 2.83. The van der Waals surface area contributed by atoms with Crippen LogP contribution in [0.5, 0.6) is 0 Å². The second-order valence-electron chi connectivity index (χ2n) is 6.24. The van der Waals surface area contributed by atoms with Gasteiger partial charge in [0.1, 0.15) is 0 Å². The molecule has 0 atom stereocenters. The van der Waals surface area contributed by atoms with Gasteiger partial charge in [-0.25, -0.2) is 0 Å². The van der Waals surface area contributed by atoms with Gasteiger partial charge in [0.25, 0.3) is 5.91 Å². The molecule has 0 aliphatic carbocycles. The summed E-state index contributed by atoms with van der Waals surface area (Å²) in [5, 5.41) is 13.1. The second-order valence-corrected chi connectivity index (χ2v) is 6.24. The first-order chi connectivity index (χ1) is 12.1. The van der Waals surface area contributed by atoms with Crippen molar-refractivity contribution in [3.05, 3.63) is 60.0 Å². The number of carbonyl (C=O) groups excluding carboxylic acids is 1. The van der Waals surface area contributed by atoms with Gasteiger partial charge in [-0.1, -0.05) is 6.07 Å². The highest BCUT2D eigenvalue weighted by molar-refractivity contribution is 6.04. The zero-order valence-electron chi connectivity index (χ0n) is 14.4. The van der Waals surface area contributed by atoms with Gasteiger partial charge in [-0.3, -0.25) is 9.78 Å². The lowest BCUT2D eigenvalue weighted by molar-refractivity contribution is 0.102. The monoisotopic (exact) mass is 338 g/mol. The van der Waals surface area contributed by atoms with Gasteiger partial charge in [0.2, 0.25) is 0 Å². The Morgan fingerprint density at radius 3 is 2.76 bits per heavy atom. The zero-order chi connectivity index (χ0) is 17.8. The average molecular weight is 338 g/mol. The maximum Gasteiger partial charge on any atom is 0.257 e. The van der Waals surface area contributed by atoms with Crippen LogP contribution in [0.4, 0.5) is 5.69 Å². The lowest BCUT2D eigenvalue weighted by Crippen LogP contribution is -2.18. The van der Waals surface area contributed by atoms with Gasteiger partial charge in [-0.15, -0.1) is 0 Å². The fourth-order valence-corrected chi connectivity index (χ4v) is 2.62. The number of nitrogens with one attached hydrogen (secondary N) is 1. The Kier molecular flexibility index (Phi) is 5.11. The number of amides is 1. The number of pyridine rings is 1. The molecule has 0 radical (unpaired) electrons. The van der Waals surface area contributed by atoms with Crippen molar-refractivity contribution in [3.8, 4) is 0 Å². The number of rotatable bonds is 6. The van der Waals surface area contributed by atoms with E-state index in [1.165, 1.54) is 6.20 Å². The molecule has 1 aromatic carbocycles. The third-order valence-electron chi connectivity index (χ3n) is 4.07. The van der Waals surface area contributed by atoms with E-state index in [9.17, 15) is 4.79 Å². The number of hydrogen-bond donors (Lipinski definition) is 2. The SMILES string of the molecule is CN(C)CCn1ccc2ccc(NC(=O)c3ccc(CO)nc3)cc21. The summed E-state index contributed by atoms with van der Waals surface area (Å²) >= 11 is 0. The number of aromatic nitrogens is 2. The highest BCUT2D eigenvalue weighted by Gasteiger charge is 2.09. The normalized spacial score (nSPS) is 11.2. The van der Waals surface area contributed by atoms with Crippen molar-refractivity contribution in [1.82, 2.24) is 14.5 Å². The summed E-state index contributed by atoms with van der Waals surface area (Å²) < 4.78 is 2.18. The molecule has 3 rings (SSSR count). The molecule has 2 aromatic heterocycles. The van der Waals surface area contributed by atoms with Crippen LogP contribution in [-0.2, 0) is 13.2 Å². The minimum atomic E-state index is -0.220. The standard InChI is InChI=1S/C19H22N4O2/c1-22(2)9-10-23-8-7-14-3-5-16(11-18(14)23)21-19(25)15-4-6-17(13-24)20-12-15/h3-8,11-12,24H,9-10,13H2,1-2H3,(H,21,25). The summed E-state index contributed by atoms with van der Waals surface area (Å²) in [6, 6.07) is 11.3. The van der Waals surface area contributed by atoms with E-state index in [-0.39, 0.29) is 12.5 Å². The van der Waals surface area contributed by atoms with Crippen molar-refractivity contribution in [3.63, 3.8) is 0 Å². The molecule has 3 aromatic rings. The van der Waals surface area contributed by atoms with E-state index in [4.69, 9.17) is 5.11 Å². The van der Waals surface area contributed by atoms with Crippen LogP contribution in [0.1, 0.15) is 16.1 Å². The summed E-state index contributed by atoms with van der Waals surface area (Å²) in [6.45, 7) is 1.70. The first kappa shape index (κ1) is 17.1. The number of fused-ring (bicyclic) bond motifs is 1. The summed E-state index contributed by atoms with van der Waals surface area (Å²) in [5.74, 6) is -0.220. The van der Waals surface area contributed by atoms with Crippen LogP contribution < -0.4 is 5.32 Å². The van der Waals surface area contributed by atoms with E-state index in [0.29, 0.717) is 11.3 Å². The molecule has 0 saturated carbocycles. The molecule has 2 N–H and O–H groups in total. The number of aliphatic hydroxyl groups is 1. The van der Waals surface area contributed by atoms with E-state index in [2.05, 4.69) is 32.0 Å². The van der Waals surface area contributed by atoms with Crippen molar-refractivity contribution in [1.29, 1.82) is 0 Å². The number of carbonyl (C=O) groups is 1. The Bertz CT molecular complexity index is 869. The molecular formula is C19H22N4O2. The number of nitrogens with zero attached hydrogens (tertiary/aromatic N) is 3. The molecule has 0 unspecified atom stereocenters. The van der Waals surface area contributed by atoms with Crippen molar-refractivity contribution < 1.29 is 9.90 Å². The molecule has 0 saturated heterocycles. The van der Waals surface area contributed by atoms with E-state index in [1.807, 2.05) is 32.3 Å². The van der Waals surface area contributed by atoms with Crippen LogP contribution in [0.3, 0.4) is 0 Å². The number of likely N-dealkylation sites (N-methyl/N-ethyl adjacent to an activating group) is 1. The highest BCUT2D eigenvalue weighted by atomic mass is 16.3.